The van der Waals surface area contributed by atoms with Gasteiger partial charge in [-0.2, -0.15) is 0 Å². The highest BCUT2D eigenvalue weighted by molar-refractivity contribution is 6.06. The van der Waals surface area contributed by atoms with Gasteiger partial charge in [0, 0.05) is 30.4 Å². The van der Waals surface area contributed by atoms with Crippen LogP contribution in [0.5, 0.6) is 5.75 Å². The molecule has 5 rings (SSSR count). The molecule has 2 aromatic rings. The molecule has 0 saturated carbocycles. The van der Waals surface area contributed by atoms with Crippen molar-refractivity contribution in [1.29, 1.82) is 0 Å². The molecule has 1 fully saturated rings. The highest BCUT2D eigenvalue weighted by Crippen LogP contribution is 2.45. The van der Waals surface area contributed by atoms with E-state index in [0.717, 1.165) is 56.0 Å². The second kappa shape index (κ2) is 8.49. The van der Waals surface area contributed by atoms with Gasteiger partial charge in [-0.1, -0.05) is 17.7 Å². The number of anilines is 2. The van der Waals surface area contributed by atoms with Crippen LogP contribution in [0.2, 0.25) is 0 Å². The second-order valence-corrected chi connectivity index (χ2v) is 9.92. The zero-order valence-corrected chi connectivity index (χ0v) is 19.8. The summed E-state index contributed by atoms with van der Waals surface area (Å²) in [4.78, 5) is 29.4. The first kappa shape index (κ1) is 22.0. The third-order valence-electron chi connectivity index (χ3n) is 7.46. The van der Waals surface area contributed by atoms with E-state index in [1.54, 1.807) is 0 Å². The quantitative estimate of drug-likeness (QED) is 0.751. The Morgan fingerprint density at radius 3 is 2.61 bits per heavy atom. The average molecular weight is 448 g/mol. The van der Waals surface area contributed by atoms with Crippen LogP contribution in [-0.2, 0) is 21.4 Å². The van der Waals surface area contributed by atoms with E-state index in [2.05, 4.69) is 49.2 Å². The Labute approximate surface area is 195 Å². The van der Waals surface area contributed by atoms with Gasteiger partial charge in [-0.15, -0.1) is 0 Å². The van der Waals surface area contributed by atoms with Crippen LogP contribution in [0.3, 0.4) is 0 Å². The van der Waals surface area contributed by atoms with E-state index in [1.807, 2.05) is 23.1 Å². The molecule has 3 heterocycles. The van der Waals surface area contributed by atoms with Crippen molar-refractivity contribution in [2.45, 2.75) is 57.9 Å². The van der Waals surface area contributed by atoms with Crippen LogP contribution in [0.25, 0.3) is 0 Å². The van der Waals surface area contributed by atoms with Crippen molar-refractivity contribution in [2.75, 3.05) is 36.5 Å². The summed E-state index contributed by atoms with van der Waals surface area (Å²) < 4.78 is 6.08. The van der Waals surface area contributed by atoms with Gasteiger partial charge in [-0.3, -0.25) is 14.5 Å². The Balaban J connectivity index is 1.17. The van der Waals surface area contributed by atoms with Crippen LogP contribution in [0.15, 0.2) is 36.4 Å². The Bertz CT molecular complexity index is 1090. The number of rotatable bonds is 5. The van der Waals surface area contributed by atoms with Crippen molar-refractivity contribution >= 4 is 23.2 Å². The number of amides is 2. The van der Waals surface area contributed by atoms with Crippen LogP contribution in [0, 0.1) is 6.92 Å². The van der Waals surface area contributed by atoms with Crippen molar-refractivity contribution in [3.8, 4) is 5.75 Å². The Hall–Kier alpha value is -2.86. The molecule has 174 valence electrons. The fourth-order valence-electron chi connectivity index (χ4n) is 5.62. The van der Waals surface area contributed by atoms with Crippen LogP contribution in [0.4, 0.5) is 11.4 Å². The van der Waals surface area contributed by atoms with Gasteiger partial charge in [0.2, 0.25) is 11.8 Å². The first-order valence-electron chi connectivity index (χ1n) is 12.1. The molecule has 3 aliphatic heterocycles. The van der Waals surface area contributed by atoms with Gasteiger partial charge in [0.15, 0.2) is 0 Å². The van der Waals surface area contributed by atoms with E-state index in [4.69, 9.17) is 4.74 Å². The molecule has 1 saturated heterocycles. The molecule has 0 unspecified atom stereocenters. The smallest absolute Gasteiger partial charge is 0.235 e. The van der Waals surface area contributed by atoms with E-state index < -0.39 is 0 Å². The number of hydrogen-bond acceptors (Lipinski definition) is 4. The highest BCUT2D eigenvalue weighted by atomic mass is 16.5. The van der Waals surface area contributed by atoms with E-state index in [9.17, 15) is 9.59 Å². The van der Waals surface area contributed by atoms with Gasteiger partial charge in [-0.05, 0) is 88.5 Å². The lowest BCUT2D eigenvalue weighted by molar-refractivity contribution is -0.122. The normalized spacial score (nSPS) is 19.6. The first-order valence-corrected chi connectivity index (χ1v) is 12.1. The minimum atomic E-state index is -0.378. The zero-order valence-electron chi connectivity index (χ0n) is 19.8. The fourth-order valence-corrected chi connectivity index (χ4v) is 5.62. The molecule has 1 N–H and O–H groups in total. The highest BCUT2D eigenvalue weighted by Gasteiger charge is 2.48. The van der Waals surface area contributed by atoms with Gasteiger partial charge in [0.25, 0.3) is 0 Å². The maximum Gasteiger partial charge on any atom is 0.235 e. The van der Waals surface area contributed by atoms with Crippen molar-refractivity contribution < 1.29 is 14.3 Å². The number of hydrogen-bond donors (Lipinski definition) is 1. The van der Waals surface area contributed by atoms with Gasteiger partial charge < -0.3 is 15.0 Å². The van der Waals surface area contributed by atoms with Crippen molar-refractivity contribution in [3.05, 3.63) is 53.1 Å². The lowest BCUT2D eigenvalue weighted by Crippen LogP contribution is -2.47. The van der Waals surface area contributed by atoms with E-state index in [0.29, 0.717) is 13.0 Å². The molecule has 0 atom stereocenters. The predicted molar refractivity (Wildman–Crippen MR) is 130 cm³/mol. The summed E-state index contributed by atoms with van der Waals surface area (Å²) >= 11 is 0. The molecular weight excluding hydrogens is 414 g/mol. The molecule has 1 spiro atoms. The Morgan fingerprint density at radius 2 is 1.85 bits per heavy atom. The maximum atomic E-state index is 12.8. The third kappa shape index (κ3) is 3.90. The zero-order chi connectivity index (χ0) is 23.2. The average Bonchev–Trinajstić information content (AvgIpc) is 3.05. The number of benzene rings is 2. The molecule has 0 bridgehead atoms. The molecule has 0 aromatic heterocycles. The van der Waals surface area contributed by atoms with Crippen LogP contribution >= 0.6 is 0 Å². The summed E-state index contributed by atoms with van der Waals surface area (Å²) in [5.74, 6) is 1.21. The van der Waals surface area contributed by atoms with Crippen molar-refractivity contribution in [1.82, 2.24) is 4.90 Å². The maximum absolute atomic E-state index is 12.8. The van der Waals surface area contributed by atoms with Gasteiger partial charge in [0.1, 0.15) is 12.4 Å². The molecule has 33 heavy (non-hydrogen) atoms. The topological polar surface area (TPSA) is 61.9 Å². The van der Waals surface area contributed by atoms with E-state index >= 15 is 0 Å². The largest absolute Gasteiger partial charge is 0.492 e. The summed E-state index contributed by atoms with van der Waals surface area (Å²) in [6, 6.07) is 12.5. The SMILES string of the molecule is Cc1ccc2c(c1)C1(CCN(CCOc3ccc4c(c3)CCC(=O)N4C(C)C)CC1)C(=O)N2. The van der Waals surface area contributed by atoms with Crippen molar-refractivity contribution in [3.63, 3.8) is 0 Å². The monoisotopic (exact) mass is 447 g/mol. The van der Waals surface area contributed by atoms with E-state index in [1.165, 1.54) is 16.7 Å². The molecule has 2 aromatic carbocycles. The van der Waals surface area contributed by atoms with Gasteiger partial charge in [-0.25, -0.2) is 0 Å². The Morgan fingerprint density at radius 1 is 1.06 bits per heavy atom. The molecule has 3 aliphatic rings. The number of carbonyl (C=O) groups excluding carboxylic acids is 2. The van der Waals surface area contributed by atoms with Crippen LogP contribution < -0.4 is 15.0 Å². The van der Waals surface area contributed by atoms with Crippen LogP contribution in [-0.4, -0.2) is 49.0 Å². The lowest BCUT2D eigenvalue weighted by atomic mass is 9.73. The molecule has 0 aliphatic carbocycles. The number of nitrogens with zero attached hydrogens (tertiary/aromatic N) is 2. The van der Waals surface area contributed by atoms with Gasteiger partial charge in [0.05, 0.1) is 5.41 Å². The standard InChI is InChI=1S/C27H33N3O3/c1-18(2)30-24-8-6-21(17-20(24)5-9-25(30)31)33-15-14-29-12-10-27(11-13-29)22-16-19(3)4-7-23(22)28-26(27)32/h4,6-8,16-18H,5,9-15H2,1-3H3,(H,28,32). The Kier molecular flexibility index (Phi) is 5.65. The number of fused-ring (bicyclic) bond motifs is 3. The summed E-state index contributed by atoms with van der Waals surface area (Å²) in [5, 5.41) is 3.10. The summed E-state index contributed by atoms with van der Waals surface area (Å²) in [6.07, 6.45) is 3.01. The number of aryl methyl sites for hydroxylation is 2. The molecule has 0 radical (unpaired) electrons. The summed E-state index contributed by atoms with van der Waals surface area (Å²) in [7, 11) is 0. The first-order chi connectivity index (χ1) is 15.9. The predicted octanol–water partition coefficient (Wildman–Crippen LogP) is 4.05. The van der Waals surface area contributed by atoms with E-state index in [-0.39, 0.29) is 23.3 Å². The molecule has 2 amide bonds. The third-order valence-corrected chi connectivity index (χ3v) is 7.46. The second-order valence-electron chi connectivity index (χ2n) is 9.92. The van der Waals surface area contributed by atoms with Gasteiger partial charge >= 0.3 is 0 Å². The molecule has 6 heteroatoms. The summed E-state index contributed by atoms with van der Waals surface area (Å²) in [6.45, 7) is 9.42. The number of likely N-dealkylation sites (tertiary alicyclic amines) is 1. The molecular formula is C27H33N3O3. The lowest BCUT2D eigenvalue weighted by Gasteiger charge is -2.38. The number of ether oxygens (including phenoxy) is 1. The minimum absolute atomic E-state index is 0.155. The summed E-state index contributed by atoms with van der Waals surface area (Å²) in [5.41, 5.74) is 5.17. The number of nitrogens with one attached hydrogen (secondary N) is 1. The van der Waals surface area contributed by atoms with Crippen molar-refractivity contribution in [2.24, 2.45) is 0 Å². The number of carbonyl (C=O) groups is 2. The van der Waals surface area contributed by atoms with Crippen LogP contribution in [0.1, 0.15) is 49.8 Å². The number of piperidine rings is 1. The minimum Gasteiger partial charge on any atom is -0.492 e. The molecule has 6 nitrogen and oxygen atoms in total. The fraction of sp³-hybridized carbons (Fsp3) is 0.481.